The molecule has 3 rings (SSSR count). The van der Waals surface area contributed by atoms with Gasteiger partial charge < -0.3 is 4.74 Å². The highest BCUT2D eigenvalue weighted by atomic mass is 16.5. The van der Waals surface area contributed by atoms with Crippen LogP contribution in [0, 0.1) is 17.3 Å². The van der Waals surface area contributed by atoms with Crippen molar-refractivity contribution < 1.29 is 9.53 Å². The lowest BCUT2D eigenvalue weighted by atomic mass is 9.50. The maximum Gasteiger partial charge on any atom is 0.142 e. The Kier molecular flexibility index (Phi) is 2.73. The Morgan fingerprint density at radius 2 is 2.25 bits per heavy atom. The average molecular weight is 222 g/mol. The van der Waals surface area contributed by atoms with Crippen molar-refractivity contribution in [3.63, 3.8) is 0 Å². The van der Waals surface area contributed by atoms with Gasteiger partial charge in [-0.05, 0) is 38.5 Å². The van der Waals surface area contributed by atoms with Gasteiger partial charge in [0.05, 0.1) is 5.60 Å². The molecule has 0 aromatic carbocycles. The Bertz CT molecular complexity index is 323. The molecule has 2 heteroatoms. The molecule has 0 radical (unpaired) electrons. The van der Waals surface area contributed by atoms with Crippen molar-refractivity contribution in [1.82, 2.24) is 0 Å². The number of allylic oxidation sites excluding steroid dienone is 1. The molecular weight excluding hydrogens is 200 g/mol. The maximum absolute atomic E-state index is 12.4. The van der Waals surface area contributed by atoms with Gasteiger partial charge in [0.1, 0.15) is 5.78 Å². The van der Waals surface area contributed by atoms with E-state index in [1.807, 2.05) is 6.08 Å². The van der Waals surface area contributed by atoms with Crippen molar-refractivity contribution in [2.75, 3.05) is 7.11 Å². The molecule has 3 aliphatic rings. The fourth-order valence-corrected chi connectivity index (χ4v) is 3.92. The Hall–Kier alpha value is -0.630. The summed E-state index contributed by atoms with van der Waals surface area (Å²) < 4.78 is 5.72. The Labute approximate surface area is 98.1 Å². The summed E-state index contributed by atoms with van der Waals surface area (Å²) in [4.78, 5) is 12.4. The van der Waals surface area contributed by atoms with Crippen molar-refractivity contribution in [3.8, 4) is 0 Å². The Balaban J connectivity index is 2.36. The van der Waals surface area contributed by atoms with Crippen LogP contribution in [0.3, 0.4) is 0 Å². The Morgan fingerprint density at radius 3 is 2.81 bits per heavy atom. The number of carbonyl (C=O) groups is 1. The Morgan fingerprint density at radius 1 is 1.56 bits per heavy atom. The van der Waals surface area contributed by atoms with E-state index in [0.29, 0.717) is 11.7 Å². The van der Waals surface area contributed by atoms with Crippen LogP contribution < -0.4 is 0 Å². The van der Waals surface area contributed by atoms with E-state index in [1.54, 1.807) is 7.11 Å². The fourth-order valence-electron chi connectivity index (χ4n) is 3.92. The number of hydrogen-bond donors (Lipinski definition) is 0. The first-order valence-corrected chi connectivity index (χ1v) is 6.17. The summed E-state index contributed by atoms with van der Waals surface area (Å²) in [5.74, 6) is 0.956. The molecular formula is C14H22O2. The zero-order valence-corrected chi connectivity index (χ0v) is 10.6. The molecule has 0 aromatic rings. The minimum Gasteiger partial charge on any atom is -0.378 e. The zero-order chi connectivity index (χ0) is 12.0. The van der Waals surface area contributed by atoms with Crippen LogP contribution in [0.15, 0.2) is 12.7 Å². The van der Waals surface area contributed by atoms with E-state index >= 15 is 0 Å². The molecule has 0 amide bonds. The second-order valence-electron chi connectivity index (χ2n) is 5.89. The van der Waals surface area contributed by atoms with Crippen molar-refractivity contribution in [2.45, 2.75) is 45.1 Å². The molecule has 0 heterocycles. The van der Waals surface area contributed by atoms with Crippen molar-refractivity contribution in [2.24, 2.45) is 17.3 Å². The fraction of sp³-hybridized carbons (Fsp3) is 0.786. The van der Waals surface area contributed by atoms with Crippen LogP contribution in [-0.4, -0.2) is 18.5 Å². The molecule has 2 bridgehead atoms. The molecule has 0 saturated heterocycles. The monoisotopic (exact) mass is 222 g/mol. The van der Waals surface area contributed by atoms with E-state index in [0.717, 1.165) is 25.7 Å². The van der Waals surface area contributed by atoms with Crippen molar-refractivity contribution in [3.05, 3.63) is 12.7 Å². The number of methoxy groups -OCH3 is 1. The third-order valence-electron chi connectivity index (χ3n) is 4.84. The summed E-state index contributed by atoms with van der Waals surface area (Å²) in [6.45, 7) is 8.05. The summed E-state index contributed by atoms with van der Waals surface area (Å²) in [5.41, 5.74) is -0.276. The number of ketones is 1. The van der Waals surface area contributed by atoms with Crippen LogP contribution in [0.4, 0.5) is 0 Å². The first-order valence-electron chi connectivity index (χ1n) is 6.17. The molecule has 2 nitrogen and oxygen atoms in total. The van der Waals surface area contributed by atoms with Gasteiger partial charge in [-0.2, -0.15) is 0 Å². The molecule has 90 valence electrons. The number of ether oxygens (including phenoxy) is 1. The lowest BCUT2D eigenvalue weighted by molar-refractivity contribution is -0.179. The normalized spacial score (nSPS) is 47.1. The summed E-state index contributed by atoms with van der Waals surface area (Å²) in [6.07, 6.45) is 5.71. The number of Topliss-reactive ketones (excluding diaryl/α,β-unsaturated/α-hetero) is 1. The largest absolute Gasteiger partial charge is 0.378 e. The SMILES string of the molecule is C=CC[C@@H]1C(=O)[C@]2(C)CC[C@H]1[C@](C)(OC)C2. The molecule has 0 unspecified atom stereocenters. The minimum atomic E-state index is -0.160. The lowest BCUT2D eigenvalue weighted by Gasteiger charge is -2.56. The molecule has 3 saturated carbocycles. The van der Waals surface area contributed by atoms with E-state index < -0.39 is 0 Å². The van der Waals surface area contributed by atoms with Crippen molar-refractivity contribution in [1.29, 1.82) is 0 Å². The van der Waals surface area contributed by atoms with Crippen LogP contribution in [-0.2, 0) is 9.53 Å². The molecule has 0 N–H and O–H groups in total. The summed E-state index contributed by atoms with van der Waals surface area (Å²) in [6, 6.07) is 0. The van der Waals surface area contributed by atoms with Crippen LogP contribution >= 0.6 is 0 Å². The predicted molar refractivity (Wildman–Crippen MR) is 64.2 cm³/mol. The first kappa shape index (κ1) is 11.8. The third kappa shape index (κ3) is 1.46. The van der Waals surface area contributed by atoms with Crippen LogP contribution in [0.5, 0.6) is 0 Å². The lowest BCUT2D eigenvalue weighted by Crippen LogP contribution is -2.60. The summed E-state index contributed by atoms with van der Waals surface area (Å²) in [7, 11) is 1.78. The second kappa shape index (κ2) is 3.69. The smallest absolute Gasteiger partial charge is 0.142 e. The number of hydrogen-bond acceptors (Lipinski definition) is 2. The topological polar surface area (TPSA) is 26.3 Å². The van der Waals surface area contributed by atoms with E-state index in [2.05, 4.69) is 20.4 Å². The first-order chi connectivity index (χ1) is 7.47. The van der Waals surface area contributed by atoms with E-state index in [9.17, 15) is 4.79 Å². The molecule has 16 heavy (non-hydrogen) atoms. The zero-order valence-electron chi connectivity index (χ0n) is 10.6. The van der Waals surface area contributed by atoms with E-state index in [4.69, 9.17) is 4.74 Å². The number of fused-ring (bicyclic) bond motifs is 3. The highest BCUT2D eigenvalue weighted by Gasteiger charge is 2.59. The summed E-state index contributed by atoms with van der Waals surface area (Å²) in [5, 5.41) is 0. The van der Waals surface area contributed by atoms with Gasteiger partial charge in [0, 0.05) is 18.4 Å². The standard InChI is InChI=1S/C14H22O2/c1-5-6-10-11-7-8-13(2,12(10)15)9-14(11,3)16-4/h5,10-11H,1,6-9H2,2-4H3/t10-,11+,13+,14+/m0/s1. The van der Waals surface area contributed by atoms with Crippen LogP contribution in [0.2, 0.25) is 0 Å². The van der Waals surface area contributed by atoms with Gasteiger partial charge in [-0.1, -0.05) is 13.0 Å². The average Bonchev–Trinajstić information content (AvgIpc) is 2.24. The van der Waals surface area contributed by atoms with E-state index in [1.165, 1.54) is 0 Å². The second-order valence-corrected chi connectivity index (χ2v) is 5.89. The molecule has 3 fully saturated rings. The summed E-state index contributed by atoms with van der Waals surface area (Å²) >= 11 is 0. The van der Waals surface area contributed by atoms with Crippen LogP contribution in [0.1, 0.15) is 39.5 Å². The van der Waals surface area contributed by atoms with Gasteiger partial charge in [-0.25, -0.2) is 0 Å². The number of carbonyl (C=O) groups excluding carboxylic acids is 1. The predicted octanol–water partition coefficient (Wildman–Crippen LogP) is 2.97. The molecule has 4 atom stereocenters. The van der Waals surface area contributed by atoms with Gasteiger partial charge in [0.25, 0.3) is 0 Å². The molecule has 3 aliphatic carbocycles. The highest BCUT2D eigenvalue weighted by molar-refractivity contribution is 5.89. The number of rotatable bonds is 3. The minimum absolute atomic E-state index is 0.116. The maximum atomic E-state index is 12.4. The molecule has 0 aromatic heterocycles. The van der Waals surface area contributed by atoms with Gasteiger partial charge in [0.15, 0.2) is 0 Å². The van der Waals surface area contributed by atoms with Crippen molar-refractivity contribution >= 4 is 5.78 Å². The van der Waals surface area contributed by atoms with Gasteiger partial charge >= 0.3 is 0 Å². The highest BCUT2D eigenvalue weighted by Crippen LogP contribution is 2.56. The third-order valence-corrected chi connectivity index (χ3v) is 4.84. The van der Waals surface area contributed by atoms with Gasteiger partial charge in [-0.15, -0.1) is 6.58 Å². The van der Waals surface area contributed by atoms with Gasteiger partial charge in [0.2, 0.25) is 0 Å². The molecule has 0 aliphatic heterocycles. The quantitative estimate of drug-likeness (QED) is 0.686. The van der Waals surface area contributed by atoms with Crippen LogP contribution in [0.25, 0.3) is 0 Å². The van der Waals surface area contributed by atoms with E-state index in [-0.39, 0.29) is 16.9 Å². The molecule has 0 spiro atoms. The van der Waals surface area contributed by atoms with Gasteiger partial charge in [-0.3, -0.25) is 4.79 Å².